The molecule has 0 aliphatic rings. The van der Waals surface area contributed by atoms with Crippen LogP contribution in [0.3, 0.4) is 0 Å². The summed E-state index contributed by atoms with van der Waals surface area (Å²) in [5, 5.41) is 3.12. The highest BCUT2D eigenvalue weighted by Gasteiger charge is 2.20. The molecule has 2 heterocycles. The zero-order valence-electron chi connectivity index (χ0n) is 11.5. The zero-order valence-corrected chi connectivity index (χ0v) is 11.5. The third kappa shape index (κ3) is 1.74. The Balaban J connectivity index is 2.54. The van der Waals surface area contributed by atoms with Crippen molar-refractivity contribution >= 4 is 16.7 Å². The largest absolute Gasteiger partial charge is 0.338 e. The second kappa shape index (κ2) is 4.55. The minimum atomic E-state index is -0.541. The Kier molecular flexibility index (Phi) is 2.83. The molecule has 1 N–H and O–H groups in total. The topological polar surface area (TPSA) is 89.2 Å². The predicted octanol–water partition coefficient (Wildman–Crippen LogP) is 1.63. The van der Waals surface area contributed by atoms with Gasteiger partial charge in [0.05, 0.1) is 5.69 Å². The van der Waals surface area contributed by atoms with E-state index in [1.54, 1.807) is 12.1 Å². The molecule has 0 spiro atoms. The van der Waals surface area contributed by atoms with E-state index in [0.29, 0.717) is 5.69 Å². The third-order valence-electron chi connectivity index (χ3n) is 3.54. The number of hydrogen-bond acceptors (Lipinski definition) is 4. The van der Waals surface area contributed by atoms with Crippen molar-refractivity contribution in [2.45, 2.75) is 0 Å². The van der Waals surface area contributed by atoms with Crippen LogP contribution in [0.2, 0.25) is 0 Å². The van der Waals surface area contributed by atoms with E-state index in [1.807, 2.05) is 18.2 Å². The average molecular weight is 284 g/mol. The van der Waals surface area contributed by atoms with Gasteiger partial charge in [0.15, 0.2) is 0 Å². The molecule has 0 aliphatic heterocycles. The van der Waals surface area contributed by atoms with E-state index in [1.165, 1.54) is 18.7 Å². The number of H-pyrrole nitrogens is 1. The van der Waals surface area contributed by atoms with Crippen LogP contribution in [0.4, 0.5) is 5.69 Å². The quantitative estimate of drug-likeness (QED) is 0.725. The number of nitroso groups, excluding NO2 is 1. The summed E-state index contributed by atoms with van der Waals surface area (Å²) in [6.07, 6.45) is 0. The van der Waals surface area contributed by atoms with Crippen LogP contribution < -0.4 is 11.2 Å². The lowest BCUT2D eigenvalue weighted by molar-refractivity contribution is 0.710. The van der Waals surface area contributed by atoms with Crippen molar-refractivity contribution in [1.82, 2.24) is 14.1 Å². The summed E-state index contributed by atoms with van der Waals surface area (Å²) in [7, 11) is 2.90. The number of nitrogens with one attached hydrogen (secondary N) is 1. The van der Waals surface area contributed by atoms with Crippen LogP contribution in [0.5, 0.6) is 0 Å². The fourth-order valence-corrected chi connectivity index (χ4v) is 2.41. The van der Waals surface area contributed by atoms with Crippen LogP contribution in [-0.4, -0.2) is 14.1 Å². The lowest BCUT2D eigenvalue weighted by Gasteiger charge is -2.02. The summed E-state index contributed by atoms with van der Waals surface area (Å²) >= 11 is 0. The zero-order chi connectivity index (χ0) is 15.1. The van der Waals surface area contributed by atoms with Crippen molar-refractivity contribution in [3.05, 3.63) is 56.1 Å². The van der Waals surface area contributed by atoms with Crippen LogP contribution in [0, 0.1) is 4.91 Å². The van der Waals surface area contributed by atoms with E-state index in [9.17, 15) is 14.5 Å². The Morgan fingerprint density at radius 1 is 1.05 bits per heavy atom. The molecule has 0 atom stereocenters. The lowest BCUT2D eigenvalue weighted by atomic mass is 10.1. The second-order valence-electron chi connectivity index (χ2n) is 4.74. The van der Waals surface area contributed by atoms with Gasteiger partial charge >= 0.3 is 5.69 Å². The first-order valence-electron chi connectivity index (χ1n) is 6.26. The first kappa shape index (κ1) is 13.0. The molecule has 0 fully saturated rings. The fourth-order valence-electron chi connectivity index (χ4n) is 2.41. The number of aromatic nitrogens is 3. The number of benzene rings is 1. The van der Waals surface area contributed by atoms with E-state index >= 15 is 0 Å². The van der Waals surface area contributed by atoms with Crippen LogP contribution in [0.15, 0.2) is 45.1 Å². The van der Waals surface area contributed by atoms with E-state index in [2.05, 4.69) is 10.2 Å². The van der Waals surface area contributed by atoms with Crippen LogP contribution in [0.25, 0.3) is 22.3 Å². The molecule has 0 saturated heterocycles. The van der Waals surface area contributed by atoms with Crippen molar-refractivity contribution in [3.8, 4) is 11.3 Å². The first-order valence-corrected chi connectivity index (χ1v) is 6.26. The SMILES string of the molecule is Cn1c(=O)c2c(N=O)c(-c3ccccc3)[nH]c2n(C)c1=O. The molecule has 2 aromatic heterocycles. The van der Waals surface area contributed by atoms with Gasteiger partial charge in [-0.05, 0) is 5.18 Å². The predicted molar refractivity (Wildman–Crippen MR) is 79.7 cm³/mol. The summed E-state index contributed by atoms with van der Waals surface area (Å²) in [5.74, 6) is 0. The van der Waals surface area contributed by atoms with Gasteiger partial charge in [-0.1, -0.05) is 30.3 Å². The van der Waals surface area contributed by atoms with Crippen molar-refractivity contribution in [2.24, 2.45) is 19.3 Å². The molecule has 0 radical (unpaired) electrons. The number of nitrogens with zero attached hydrogens (tertiary/aromatic N) is 3. The molecule has 0 saturated carbocycles. The minimum Gasteiger partial charge on any atom is -0.338 e. The summed E-state index contributed by atoms with van der Waals surface area (Å²) in [6.45, 7) is 0. The Morgan fingerprint density at radius 3 is 2.33 bits per heavy atom. The smallest absolute Gasteiger partial charge is 0.332 e. The summed E-state index contributed by atoms with van der Waals surface area (Å²) in [4.78, 5) is 38.4. The van der Waals surface area contributed by atoms with Gasteiger partial charge in [-0.15, -0.1) is 4.91 Å². The highest BCUT2D eigenvalue weighted by atomic mass is 16.3. The number of aryl methyl sites for hydroxylation is 1. The summed E-state index contributed by atoms with van der Waals surface area (Å²) < 4.78 is 2.25. The molecule has 1 aromatic carbocycles. The molecule has 3 aromatic rings. The molecule has 7 nitrogen and oxygen atoms in total. The Morgan fingerprint density at radius 2 is 1.71 bits per heavy atom. The maximum atomic E-state index is 12.3. The van der Waals surface area contributed by atoms with Gasteiger partial charge in [0.2, 0.25) is 0 Å². The highest BCUT2D eigenvalue weighted by molar-refractivity contribution is 5.97. The summed E-state index contributed by atoms with van der Waals surface area (Å²) in [6, 6.07) is 9.05. The Labute approximate surface area is 118 Å². The molecule has 106 valence electrons. The third-order valence-corrected chi connectivity index (χ3v) is 3.54. The molecule has 0 amide bonds. The molecule has 21 heavy (non-hydrogen) atoms. The highest BCUT2D eigenvalue weighted by Crippen LogP contribution is 2.34. The molecule has 0 bridgehead atoms. The molecule has 0 unspecified atom stereocenters. The van der Waals surface area contributed by atoms with Gasteiger partial charge in [-0.2, -0.15) is 0 Å². The minimum absolute atomic E-state index is 0.0207. The van der Waals surface area contributed by atoms with Crippen molar-refractivity contribution in [1.29, 1.82) is 0 Å². The second-order valence-corrected chi connectivity index (χ2v) is 4.74. The van der Waals surface area contributed by atoms with Gasteiger partial charge in [-0.25, -0.2) is 4.79 Å². The number of rotatable bonds is 2. The van der Waals surface area contributed by atoms with Gasteiger partial charge in [0.1, 0.15) is 16.7 Å². The number of hydrogen-bond donors (Lipinski definition) is 1. The fraction of sp³-hybridized carbons (Fsp3) is 0.143. The normalized spacial score (nSPS) is 11.0. The van der Waals surface area contributed by atoms with E-state index in [-0.39, 0.29) is 16.7 Å². The monoisotopic (exact) mass is 284 g/mol. The molecular weight excluding hydrogens is 272 g/mol. The Bertz CT molecular complexity index is 964. The lowest BCUT2D eigenvalue weighted by Crippen LogP contribution is -2.36. The molecule has 0 aliphatic carbocycles. The standard InChI is InChI=1S/C14H12N4O3/c1-17-12-9(13(19)18(2)14(17)20)11(16-21)10(15-12)8-6-4-3-5-7-8/h3-7,15H,1-2H3. The van der Waals surface area contributed by atoms with Crippen molar-refractivity contribution in [2.75, 3.05) is 0 Å². The Hall–Kier alpha value is -2.96. The maximum absolute atomic E-state index is 12.3. The molecule has 3 rings (SSSR count). The van der Waals surface area contributed by atoms with Gasteiger partial charge < -0.3 is 4.98 Å². The van der Waals surface area contributed by atoms with Crippen molar-refractivity contribution in [3.63, 3.8) is 0 Å². The molecular formula is C14H12N4O3. The van der Waals surface area contributed by atoms with Crippen LogP contribution >= 0.6 is 0 Å². The van der Waals surface area contributed by atoms with Crippen LogP contribution in [0.1, 0.15) is 0 Å². The van der Waals surface area contributed by atoms with E-state index in [4.69, 9.17) is 0 Å². The van der Waals surface area contributed by atoms with Gasteiger partial charge in [0, 0.05) is 19.7 Å². The number of fused-ring (bicyclic) bond motifs is 1. The van der Waals surface area contributed by atoms with Gasteiger partial charge in [0.25, 0.3) is 5.56 Å². The van der Waals surface area contributed by atoms with E-state index in [0.717, 1.165) is 10.1 Å². The maximum Gasteiger partial charge on any atom is 0.332 e. The van der Waals surface area contributed by atoms with Crippen molar-refractivity contribution < 1.29 is 0 Å². The summed E-state index contributed by atoms with van der Waals surface area (Å²) in [5.41, 5.74) is 0.451. The van der Waals surface area contributed by atoms with Crippen LogP contribution in [-0.2, 0) is 14.1 Å². The molecule has 7 heteroatoms. The van der Waals surface area contributed by atoms with E-state index < -0.39 is 11.2 Å². The van der Waals surface area contributed by atoms with Gasteiger partial charge in [-0.3, -0.25) is 13.9 Å². The number of aromatic amines is 1. The first-order chi connectivity index (χ1) is 10.1. The average Bonchev–Trinajstić information content (AvgIpc) is 2.91.